The number of nitro groups is 1. The number of methoxy groups -OCH3 is 1. The molecule has 1 saturated carbocycles. The lowest BCUT2D eigenvalue weighted by Gasteiger charge is -2.14. The maximum atomic E-state index is 11.2. The zero-order chi connectivity index (χ0) is 13.8. The van der Waals surface area contributed by atoms with Gasteiger partial charge >= 0.3 is 5.69 Å². The number of aromatic nitrogens is 2. The Morgan fingerprint density at radius 2 is 2.11 bits per heavy atom. The van der Waals surface area contributed by atoms with Crippen LogP contribution in [0.2, 0.25) is 0 Å². The normalized spacial score (nSPS) is 15.5. The molecule has 1 aromatic heterocycles. The highest BCUT2D eigenvalue weighted by Crippen LogP contribution is 2.33. The van der Waals surface area contributed by atoms with Gasteiger partial charge in [-0.1, -0.05) is 19.8 Å². The molecule has 1 heterocycles. The fourth-order valence-electron chi connectivity index (χ4n) is 2.31. The number of nitrogens with one attached hydrogen (secondary N) is 1. The minimum absolute atomic E-state index is 0.0253. The molecule has 0 saturated heterocycles. The summed E-state index contributed by atoms with van der Waals surface area (Å²) in [5.41, 5.74) is -0.174. The standard InChI is InChI=1S/C12H18N4O3/c1-3-9-14-11(13-8-6-4-5-7-8)10(16(17)18)12(15-9)19-2/h8H,3-7H2,1-2H3,(H,13,14,15). The molecule has 1 N–H and O–H groups in total. The van der Waals surface area contributed by atoms with E-state index in [-0.39, 0.29) is 23.4 Å². The monoisotopic (exact) mass is 266 g/mol. The maximum absolute atomic E-state index is 11.2. The van der Waals surface area contributed by atoms with Crippen molar-refractivity contribution < 1.29 is 9.66 Å². The summed E-state index contributed by atoms with van der Waals surface area (Å²) in [6.45, 7) is 1.90. The molecule has 0 aromatic carbocycles. The number of rotatable bonds is 5. The first kappa shape index (κ1) is 13.5. The van der Waals surface area contributed by atoms with Crippen molar-refractivity contribution in [3.05, 3.63) is 15.9 Å². The topological polar surface area (TPSA) is 90.2 Å². The number of ether oxygens (including phenoxy) is 1. The van der Waals surface area contributed by atoms with E-state index in [0.29, 0.717) is 12.2 Å². The zero-order valence-corrected chi connectivity index (χ0v) is 11.2. The Kier molecular flexibility index (Phi) is 4.13. The largest absolute Gasteiger partial charge is 0.476 e. The van der Waals surface area contributed by atoms with Crippen LogP contribution in [0.4, 0.5) is 11.5 Å². The van der Waals surface area contributed by atoms with Gasteiger partial charge in [-0.15, -0.1) is 0 Å². The number of nitrogens with zero attached hydrogens (tertiary/aromatic N) is 3. The average Bonchev–Trinajstić information content (AvgIpc) is 2.90. The van der Waals surface area contributed by atoms with Crippen LogP contribution in [0, 0.1) is 10.1 Å². The molecule has 0 unspecified atom stereocenters. The minimum atomic E-state index is -0.491. The lowest BCUT2D eigenvalue weighted by Crippen LogP contribution is -2.18. The summed E-state index contributed by atoms with van der Waals surface area (Å²) in [5.74, 6) is 0.848. The molecule has 19 heavy (non-hydrogen) atoms. The number of hydrogen-bond donors (Lipinski definition) is 1. The Balaban J connectivity index is 2.39. The summed E-state index contributed by atoms with van der Waals surface area (Å²) < 4.78 is 5.02. The first-order valence-corrected chi connectivity index (χ1v) is 6.51. The quantitative estimate of drug-likeness (QED) is 0.649. The van der Waals surface area contributed by atoms with Gasteiger partial charge in [-0.05, 0) is 12.8 Å². The van der Waals surface area contributed by atoms with Crippen LogP contribution in [0.5, 0.6) is 5.88 Å². The second-order valence-corrected chi connectivity index (χ2v) is 4.58. The summed E-state index contributed by atoms with van der Waals surface area (Å²) in [5, 5.41) is 14.3. The molecule has 1 aliphatic rings. The third-order valence-electron chi connectivity index (χ3n) is 3.29. The van der Waals surface area contributed by atoms with Crippen LogP contribution in [0.3, 0.4) is 0 Å². The molecule has 1 aromatic rings. The smallest absolute Gasteiger partial charge is 0.372 e. The van der Waals surface area contributed by atoms with E-state index in [0.717, 1.165) is 25.7 Å². The highest BCUT2D eigenvalue weighted by atomic mass is 16.6. The average molecular weight is 266 g/mol. The molecule has 0 aliphatic heterocycles. The molecule has 0 bridgehead atoms. The molecular formula is C12H18N4O3. The highest BCUT2D eigenvalue weighted by molar-refractivity contribution is 5.62. The van der Waals surface area contributed by atoms with Crippen LogP contribution < -0.4 is 10.1 Å². The van der Waals surface area contributed by atoms with Crippen molar-refractivity contribution in [3.63, 3.8) is 0 Å². The summed E-state index contributed by atoms with van der Waals surface area (Å²) in [4.78, 5) is 19.0. The van der Waals surface area contributed by atoms with Crippen LogP contribution >= 0.6 is 0 Å². The van der Waals surface area contributed by atoms with Crippen LogP contribution in [-0.4, -0.2) is 28.0 Å². The zero-order valence-electron chi connectivity index (χ0n) is 11.2. The second-order valence-electron chi connectivity index (χ2n) is 4.58. The van der Waals surface area contributed by atoms with Gasteiger partial charge in [-0.3, -0.25) is 10.1 Å². The Hall–Kier alpha value is -1.92. The van der Waals surface area contributed by atoms with Crippen molar-refractivity contribution in [1.29, 1.82) is 0 Å². The number of hydrogen-bond acceptors (Lipinski definition) is 6. The Labute approximate surface area is 111 Å². The Bertz CT molecular complexity index is 472. The molecular weight excluding hydrogens is 248 g/mol. The van der Waals surface area contributed by atoms with Gasteiger partial charge in [0.05, 0.1) is 12.0 Å². The van der Waals surface area contributed by atoms with Crippen LogP contribution in [0.15, 0.2) is 0 Å². The molecule has 2 rings (SSSR count). The molecule has 0 amide bonds. The van der Waals surface area contributed by atoms with E-state index < -0.39 is 4.92 Å². The maximum Gasteiger partial charge on any atom is 0.372 e. The molecule has 1 aliphatic carbocycles. The molecule has 0 atom stereocenters. The van der Waals surface area contributed by atoms with E-state index >= 15 is 0 Å². The minimum Gasteiger partial charge on any atom is -0.476 e. The van der Waals surface area contributed by atoms with E-state index in [1.807, 2.05) is 6.92 Å². The van der Waals surface area contributed by atoms with E-state index in [2.05, 4.69) is 15.3 Å². The Morgan fingerprint density at radius 3 is 2.63 bits per heavy atom. The number of aryl methyl sites for hydroxylation is 1. The van der Waals surface area contributed by atoms with Gasteiger partial charge in [0, 0.05) is 12.5 Å². The SMILES string of the molecule is CCc1nc(NC2CCCC2)c([N+](=O)[O-])c(OC)n1. The summed E-state index contributed by atoms with van der Waals surface area (Å²) >= 11 is 0. The third-order valence-corrected chi connectivity index (χ3v) is 3.29. The molecule has 104 valence electrons. The van der Waals surface area contributed by atoms with Gasteiger partial charge in [-0.25, -0.2) is 4.98 Å². The van der Waals surface area contributed by atoms with E-state index in [9.17, 15) is 10.1 Å². The lowest BCUT2D eigenvalue weighted by molar-refractivity contribution is -0.385. The molecule has 7 heteroatoms. The first-order chi connectivity index (χ1) is 9.15. The fraction of sp³-hybridized carbons (Fsp3) is 0.667. The second kappa shape index (κ2) is 5.81. The highest BCUT2D eigenvalue weighted by Gasteiger charge is 2.28. The molecule has 0 spiro atoms. The van der Waals surface area contributed by atoms with E-state index in [1.165, 1.54) is 7.11 Å². The van der Waals surface area contributed by atoms with Crippen molar-refractivity contribution in [2.75, 3.05) is 12.4 Å². The van der Waals surface area contributed by atoms with Crippen molar-refractivity contribution in [1.82, 2.24) is 9.97 Å². The summed E-state index contributed by atoms with van der Waals surface area (Å²) in [6.07, 6.45) is 4.94. The van der Waals surface area contributed by atoms with Gasteiger partial charge in [0.25, 0.3) is 5.88 Å². The van der Waals surface area contributed by atoms with Crippen molar-refractivity contribution >= 4 is 11.5 Å². The van der Waals surface area contributed by atoms with Crippen molar-refractivity contribution in [2.24, 2.45) is 0 Å². The number of anilines is 1. The fourth-order valence-corrected chi connectivity index (χ4v) is 2.31. The predicted molar refractivity (Wildman–Crippen MR) is 70.5 cm³/mol. The Morgan fingerprint density at radius 1 is 1.42 bits per heavy atom. The molecule has 1 fully saturated rings. The van der Waals surface area contributed by atoms with Crippen molar-refractivity contribution in [3.8, 4) is 5.88 Å². The predicted octanol–water partition coefficient (Wildman–Crippen LogP) is 2.31. The van der Waals surface area contributed by atoms with Crippen LogP contribution in [0.1, 0.15) is 38.4 Å². The van der Waals surface area contributed by atoms with Gasteiger partial charge in [0.1, 0.15) is 5.82 Å². The lowest BCUT2D eigenvalue weighted by atomic mass is 10.2. The van der Waals surface area contributed by atoms with Crippen LogP contribution in [0.25, 0.3) is 0 Å². The van der Waals surface area contributed by atoms with Gasteiger partial charge in [0.15, 0.2) is 0 Å². The van der Waals surface area contributed by atoms with Gasteiger partial charge in [-0.2, -0.15) is 4.98 Å². The van der Waals surface area contributed by atoms with Crippen LogP contribution in [-0.2, 0) is 6.42 Å². The first-order valence-electron chi connectivity index (χ1n) is 6.51. The third kappa shape index (κ3) is 2.91. The van der Waals surface area contributed by atoms with E-state index in [4.69, 9.17) is 4.74 Å². The summed E-state index contributed by atoms with van der Waals surface area (Å²) in [7, 11) is 1.38. The van der Waals surface area contributed by atoms with Gasteiger partial charge < -0.3 is 10.1 Å². The van der Waals surface area contributed by atoms with Crippen molar-refractivity contribution in [2.45, 2.75) is 45.1 Å². The van der Waals surface area contributed by atoms with Gasteiger partial charge in [0.2, 0.25) is 5.82 Å². The summed E-state index contributed by atoms with van der Waals surface area (Å²) in [6, 6.07) is 0.253. The van der Waals surface area contributed by atoms with E-state index in [1.54, 1.807) is 0 Å². The molecule has 0 radical (unpaired) electrons. The molecule has 7 nitrogen and oxygen atoms in total.